The van der Waals surface area contributed by atoms with Gasteiger partial charge in [-0.2, -0.15) is 0 Å². The Morgan fingerprint density at radius 3 is 2.53 bits per heavy atom. The molecule has 0 aliphatic rings. The Morgan fingerprint density at radius 2 is 1.89 bits per heavy atom. The molecule has 100 valence electrons. The van der Waals surface area contributed by atoms with E-state index in [0.717, 1.165) is 17.1 Å². The first-order valence-corrected chi connectivity index (χ1v) is 6.27. The third-order valence-electron chi connectivity index (χ3n) is 2.88. The van der Waals surface area contributed by atoms with E-state index in [1.54, 1.807) is 0 Å². The number of aromatic nitrogens is 2. The van der Waals surface area contributed by atoms with Crippen molar-refractivity contribution in [3.63, 3.8) is 0 Å². The number of nitrogen functional groups attached to an aromatic ring is 1. The molecule has 2 rings (SSSR count). The molecule has 0 spiro atoms. The Hall–Kier alpha value is -2.14. The maximum Gasteiger partial charge on any atom is 0.148 e. The van der Waals surface area contributed by atoms with E-state index >= 15 is 0 Å². The molecule has 5 heteroatoms. The van der Waals surface area contributed by atoms with Crippen LogP contribution in [0.25, 0.3) is 0 Å². The summed E-state index contributed by atoms with van der Waals surface area (Å²) in [6.07, 6.45) is 1.50. The van der Waals surface area contributed by atoms with E-state index in [4.69, 9.17) is 5.84 Å². The van der Waals surface area contributed by atoms with Crippen LogP contribution in [-0.4, -0.2) is 9.97 Å². The maximum absolute atomic E-state index is 5.51. The number of aryl methyl sites for hydroxylation is 1. The first-order valence-electron chi connectivity index (χ1n) is 6.27. The first-order chi connectivity index (χ1) is 9.11. The van der Waals surface area contributed by atoms with E-state index in [1.165, 1.54) is 11.9 Å². The fourth-order valence-corrected chi connectivity index (χ4v) is 2.02. The lowest BCUT2D eigenvalue weighted by molar-refractivity contribution is 0.850. The number of nitrogens with zero attached hydrogens (tertiary/aromatic N) is 2. The quantitative estimate of drug-likeness (QED) is 0.580. The van der Waals surface area contributed by atoms with Crippen LogP contribution in [0.5, 0.6) is 0 Å². The van der Waals surface area contributed by atoms with Crippen LogP contribution in [-0.2, 0) is 0 Å². The number of benzene rings is 1. The van der Waals surface area contributed by atoms with Crippen LogP contribution in [0.4, 0.5) is 17.3 Å². The van der Waals surface area contributed by atoms with Gasteiger partial charge in [-0.1, -0.05) is 26.0 Å². The fraction of sp³-hybridized carbons (Fsp3) is 0.286. The fourth-order valence-electron chi connectivity index (χ4n) is 2.02. The summed E-state index contributed by atoms with van der Waals surface area (Å²) in [6.45, 7) is 6.23. The molecule has 0 bridgehead atoms. The monoisotopic (exact) mass is 257 g/mol. The zero-order chi connectivity index (χ0) is 13.8. The summed E-state index contributed by atoms with van der Waals surface area (Å²) < 4.78 is 0. The molecule has 19 heavy (non-hydrogen) atoms. The second-order valence-electron chi connectivity index (χ2n) is 4.78. The average molecular weight is 257 g/mol. The van der Waals surface area contributed by atoms with Crippen molar-refractivity contribution in [3.05, 3.63) is 41.7 Å². The minimum absolute atomic E-state index is 0.263. The molecule has 4 N–H and O–H groups in total. The average Bonchev–Trinajstić information content (AvgIpc) is 2.38. The van der Waals surface area contributed by atoms with Gasteiger partial charge in [0.1, 0.15) is 18.0 Å². The molecule has 0 amide bonds. The van der Waals surface area contributed by atoms with Crippen molar-refractivity contribution in [3.8, 4) is 0 Å². The van der Waals surface area contributed by atoms with Gasteiger partial charge in [0.25, 0.3) is 0 Å². The minimum atomic E-state index is 0.263. The summed E-state index contributed by atoms with van der Waals surface area (Å²) >= 11 is 0. The predicted octanol–water partition coefficient (Wildman–Crippen LogP) is 2.94. The van der Waals surface area contributed by atoms with Crippen molar-refractivity contribution in [2.75, 3.05) is 10.7 Å². The molecule has 0 unspecified atom stereocenters. The lowest BCUT2D eigenvalue weighted by Gasteiger charge is -2.16. The van der Waals surface area contributed by atoms with E-state index in [0.29, 0.717) is 5.82 Å². The van der Waals surface area contributed by atoms with Crippen molar-refractivity contribution in [1.82, 2.24) is 9.97 Å². The van der Waals surface area contributed by atoms with E-state index in [2.05, 4.69) is 53.6 Å². The number of hydrogen-bond acceptors (Lipinski definition) is 5. The van der Waals surface area contributed by atoms with Crippen LogP contribution in [0.1, 0.15) is 30.9 Å². The van der Waals surface area contributed by atoms with Gasteiger partial charge in [-0.3, -0.25) is 0 Å². The first kappa shape index (κ1) is 13.3. The standard InChI is InChI=1S/C14H19N5/c1-9(2)12-13(16-8-17-14(12)19-15)18-11-6-4-5-10(3)7-11/h4-9H,15H2,1-3H3,(H2,16,17,18,19). The number of nitrogens with one attached hydrogen (secondary N) is 2. The lowest BCUT2D eigenvalue weighted by Crippen LogP contribution is -2.14. The summed E-state index contributed by atoms with van der Waals surface area (Å²) in [7, 11) is 0. The van der Waals surface area contributed by atoms with Crippen LogP contribution in [0, 0.1) is 6.92 Å². The van der Waals surface area contributed by atoms with Gasteiger partial charge in [-0.25, -0.2) is 15.8 Å². The van der Waals surface area contributed by atoms with Gasteiger partial charge in [0.15, 0.2) is 0 Å². The van der Waals surface area contributed by atoms with Gasteiger partial charge < -0.3 is 10.7 Å². The van der Waals surface area contributed by atoms with Gasteiger partial charge in [0.2, 0.25) is 0 Å². The number of hydrazine groups is 1. The molecular formula is C14H19N5. The molecule has 1 aromatic carbocycles. The van der Waals surface area contributed by atoms with Gasteiger partial charge in [0.05, 0.1) is 0 Å². The molecule has 0 fully saturated rings. The molecular weight excluding hydrogens is 238 g/mol. The van der Waals surface area contributed by atoms with Crippen molar-refractivity contribution >= 4 is 17.3 Å². The smallest absolute Gasteiger partial charge is 0.148 e. The largest absolute Gasteiger partial charge is 0.340 e. The molecule has 5 nitrogen and oxygen atoms in total. The summed E-state index contributed by atoms with van der Waals surface area (Å²) in [5.41, 5.74) is 5.80. The zero-order valence-electron chi connectivity index (χ0n) is 11.4. The summed E-state index contributed by atoms with van der Waals surface area (Å²) in [4.78, 5) is 8.47. The zero-order valence-corrected chi connectivity index (χ0v) is 11.4. The van der Waals surface area contributed by atoms with Crippen LogP contribution >= 0.6 is 0 Å². The number of nitrogens with two attached hydrogens (primary N) is 1. The van der Waals surface area contributed by atoms with Gasteiger partial charge in [-0.15, -0.1) is 0 Å². The lowest BCUT2D eigenvalue weighted by atomic mass is 10.0. The van der Waals surface area contributed by atoms with Crippen molar-refractivity contribution in [2.45, 2.75) is 26.7 Å². The topological polar surface area (TPSA) is 75.9 Å². The highest BCUT2D eigenvalue weighted by Crippen LogP contribution is 2.29. The van der Waals surface area contributed by atoms with E-state index in [1.807, 2.05) is 12.1 Å². The minimum Gasteiger partial charge on any atom is -0.340 e. The molecule has 2 aromatic rings. The number of anilines is 3. The SMILES string of the molecule is Cc1cccc(Nc2ncnc(NN)c2C(C)C)c1. The Bertz CT molecular complexity index is 566. The maximum atomic E-state index is 5.51. The third-order valence-corrected chi connectivity index (χ3v) is 2.88. The highest BCUT2D eigenvalue weighted by Gasteiger charge is 2.14. The Kier molecular flexibility index (Phi) is 3.97. The van der Waals surface area contributed by atoms with E-state index in [-0.39, 0.29) is 5.92 Å². The molecule has 1 aromatic heterocycles. The van der Waals surface area contributed by atoms with Crippen LogP contribution in [0.3, 0.4) is 0 Å². The van der Waals surface area contributed by atoms with Gasteiger partial charge in [-0.05, 0) is 30.5 Å². The normalized spacial score (nSPS) is 10.6. The molecule has 0 atom stereocenters. The summed E-state index contributed by atoms with van der Waals surface area (Å²) in [6, 6.07) is 8.15. The summed E-state index contributed by atoms with van der Waals surface area (Å²) in [5, 5.41) is 3.32. The van der Waals surface area contributed by atoms with Gasteiger partial charge in [0, 0.05) is 11.3 Å². The Labute approximate surface area is 113 Å². The van der Waals surface area contributed by atoms with E-state index < -0.39 is 0 Å². The van der Waals surface area contributed by atoms with E-state index in [9.17, 15) is 0 Å². The molecule has 0 aliphatic heterocycles. The molecule has 0 saturated carbocycles. The van der Waals surface area contributed by atoms with Crippen LogP contribution in [0.15, 0.2) is 30.6 Å². The van der Waals surface area contributed by atoms with Crippen LogP contribution < -0.4 is 16.6 Å². The number of hydrogen-bond donors (Lipinski definition) is 3. The molecule has 0 saturated heterocycles. The third kappa shape index (κ3) is 3.00. The molecule has 0 radical (unpaired) electrons. The summed E-state index contributed by atoms with van der Waals surface area (Å²) in [5.74, 6) is 7.20. The highest BCUT2D eigenvalue weighted by molar-refractivity contribution is 5.65. The number of rotatable bonds is 4. The van der Waals surface area contributed by atoms with Crippen molar-refractivity contribution in [1.29, 1.82) is 0 Å². The predicted molar refractivity (Wildman–Crippen MR) is 78.4 cm³/mol. The Balaban J connectivity index is 2.39. The highest BCUT2D eigenvalue weighted by atomic mass is 15.3. The second-order valence-corrected chi connectivity index (χ2v) is 4.78. The Morgan fingerprint density at radius 1 is 1.16 bits per heavy atom. The molecule has 1 heterocycles. The van der Waals surface area contributed by atoms with Crippen molar-refractivity contribution in [2.24, 2.45) is 5.84 Å². The van der Waals surface area contributed by atoms with Crippen molar-refractivity contribution < 1.29 is 0 Å². The second kappa shape index (κ2) is 5.67. The van der Waals surface area contributed by atoms with Crippen LogP contribution in [0.2, 0.25) is 0 Å². The molecule has 0 aliphatic carbocycles. The van der Waals surface area contributed by atoms with Gasteiger partial charge >= 0.3 is 0 Å².